The highest BCUT2D eigenvalue weighted by Gasteiger charge is 2.42. The van der Waals surface area contributed by atoms with E-state index in [1.54, 1.807) is 6.92 Å². The van der Waals surface area contributed by atoms with Gasteiger partial charge in [0.2, 0.25) is 0 Å². The molecule has 1 rings (SSSR count). The molecule has 15 heavy (non-hydrogen) atoms. The van der Waals surface area contributed by atoms with Crippen molar-refractivity contribution in [3.05, 3.63) is 0 Å². The molecule has 5 atom stereocenters. The van der Waals surface area contributed by atoms with Crippen molar-refractivity contribution in [2.75, 3.05) is 13.2 Å². The highest BCUT2D eigenvalue weighted by atomic mass is 16.6. The quantitative estimate of drug-likeness (QED) is 0.277. The zero-order valence-corrected chi connectivity index (χ0v) is 8.39. The van der Waals surface area contributed by atoms with E-state index >= 15 is 0 Å². The standard InChI is InChI=1S/C6H12O6.C2H6O/c7-1-2-3(8)4(9)5(10)6(11)12-2;1-2-3/h2-11H,1H2;3H,2H2,1H3/t2-,3+,4+,5-,6+;/m1./s1. The first kappa shape index (κ1) is 14.7. The van der Waals surface area contributed by atoms with E-state index in [-0.39, 0.29) is 6.61 Å². The molecule has 0 amide bonds. The van der Waals surface area contributed by atoms with Crippen LogP contribution in [0.3, 0.4) is 0 Å². The molecule has 0 aromatic rings. The van der Waals surface area contributed by atoms with Crippen molar-refractivity contribution < 1.29 is 35.4 Å². The number of hydrogen-bond acceptors (Lipinski definition) is 7. The van der Waals surface area contributed by atoms with Crippen LogP contribution in [-0.2, 0) is 4.74 Å². The number of hydrogen-bond donors (Lipinski definition) is 6. The van der Waals surface area contributed by atoms with Gasteiger partial charge < -0.3 is 35.4 Å². The third-order valence-corrected chi connectivity index (χ3v) is 1.87. The van der Waals surface area contributed by atoms with Crippen LogP contribution < -0.4 is 0 Å². The molecule has 1 aliphatic rings. The van der Waals surface area contributed by atoms with E-state index in [1.807, 2.05) is 0 Å². The van der Waals surface area contributed by atoms with Crippen molar-refractivity contribution in [1.82, 2.24) is 0 Å². The summed E-state index contributed by atoms with van der Waals surface area (Å²) in [6.45, 7) is 1.40. The second kappa shape index (κ2) is 7.07. The van der Waals surface area contributed by atoms with E-state index in [9.17, 15) is 0 Å². The van der Waals surface area contributed by atoms with Crippen molar-refractivity contribution in [3.8, 4) is 0 Å². The Bertz CT molecular complexity index is 160. The van der Waals surface area contributed by atoms with Crippen LogP contribution in [0.25, 0.3) is 0 Å². The van der Waals surface area contributed by atoms with Crippen LogP contribution >= 0.6 is 0 Å². The number of aliphatic hydroxyl groups excluding tert-OH is 6. The summed E-state index contributed by atoms with van der Waals surface area (Å²) < 4.78 is 4.58. The Kier molecular flexibility index (Phi) is 6.94. The largest absolute Gasteiger partial charge is 0.397 e. The van der Waals surface area contributed by atoms with Gasteiger partial charge in [0, 0.05) is 6.61 Å². The fourth-order valence-electron chi connectivity index (χ4n) is 1.08. The molecule has 0 radical (unpaired) electrons. The minimum atomic E-state index is -1.57. The molecular formula is C8H18O7. The highest BCUT2D eigenvalue weighted by molar-refractivity contribution is 4.87. The summed E-state index contributed by atoms with van der Waals surface area (Å²) in [5.41, 5.74) is 0. The van der Waals surface area contributed by atoms with Gasteiger partial charge in [-0.15, -0.1) is 0 Å². The predicted octanol–water partition coefficient (Wildman–Crippen LogP) is -3.22. The van der Waals surface area contributed by atoms with Gasteiger partial charge in [-0.1, -0.05) is 0 Å². The summed E-state index contributed by atoms with van der Waals surface area (Å²) in [6, 6.07) is 0. The molecule has 1 saturated heterocycles. The first-order chi connectivity index (χ1) is 6.99. The lowest BCUT2D eigenvalue weighted by atomic mass is 10.00. The predicted molar refractivity (Wildman–Crippen MR) is 48.7 cm³/mol. The van der Waals surface area contributed by atoms with Crippen LogP contribution in [-0.4, -0.2) is 74.6 Å². The Labute approximate surface area is 87.2 Å². The van der Waals surface area contributed by atoms with E-state index in [0.29, 0.717) is 0 Å². The maximum absolute atomic E-state index is 9.12. The van der Waals surface area contributed by atoms with Crippen LogP contribution in [0.2, 0.25) is 0 Å². The normalized spacial score (nSPS) is 40.6. The lowest BCUT2D eigenvalue weighted by molar-refractivity contribution is -0.286. The maximum atomic E-state index is 9.12. The molecule has 0 aromatic carbocycles. The monoisotopic (exact) mass is 226 g/mol. The first-order valence-electron chi connectivity index (χ1n) is 4.59. The number of ether oxygens (including phenoxy) is 1. The van der Waals surface area contributed by atoms with E-state index in [1.165, 1.54) is 0 Å². The third-order valence-electron chi connectivity index (χ3n) is 1.87. The van der Waals surface area contributed by atoms with Crippen LogP contribution in [0.5, 0.6) is 0 Å². The van der Waals surface area contributed by atoms with E-state index < -0.39 is 37.3 Å². The minimum Gasteiger partial charge on any atom is -0.397 e. The van der Waals surface area contributed by atoms with Gasteiger partial charge in [0.05, 0.1) is 6.61 Å². The van der Waals surface area contributed by atoms with Crippen molar-refractivity contribution in [2.45, 2.75) is 37.6 Å². The Morgan fingerprint density at radius 2 is 1.40 bits per heavy atom. The zero-order valence-electron chi connectivity index (χ0n) is 8.39. The van der Waals surface area contributed by atoms with Gasteiger partial charge in [-0.3, -0.25) is 0 Å². The van der Waals surface area contributed by atoms with Crippen molar-refractivity contribution in [1.29, 1.82) is 0 Å². The van der Waals surface area contributed by atoms with Crippen molar-refractivity contribution in [2.24, 2.45) is 0 Å². The van der Waals surface area contributed by atoms with Crippen LogP contribution in [0.1, 0.15) is 6.92 Å². The third kappa shape index (κ3) is 3.99. The molecule has 1 aliphatic heterocycles. The summed E-state index contributed by atoms with van der Waals surface area (Å²) in [5.74, 6) is 0. The topological polar surface area (TPSA) is 131 Å². The van der Waals surface area contributed by atoms with Gasteiger partial charge in [-0.05, 0) is 6.92 Å². The molecule has 6 N–H and O–H groups in total. The molecule has 92 valence electrons. The second-order valence-electron chi connectivity index (χ2n) is 3.04. The molecular weight excluding hydrogens is 208 g/mol. The molecule has 1 fully saturated rings. The first-order valence-corrected chi connectivity index (χ1v) is 4.59. The summed E-state index contributed by atoms with van der Waals surface area (Å²) in [4.78, 5) is 0. The van der Waals surface area contributed by atoms with Gasteiger partial charge >= 0.3 is 0 Å². The van der Waals surface area contributed by atoms with Gasteiger partial charge in [0.25, 0.3) is 0 Å². The van der Waals surface area contributed by atoms with Crippen LogP contribution in [0, 0.1) is 0 Å². The molecule has 0 saturated carbocycles. The van der Waals surface area contributed by atoms with E-state index in [2.05, 4.69) is 4.74 Å². The zero-order chi connectivity index (χ0) is 12.0. The van der Waals surface area contributed by atoms with E-state index in [4.69, 9.17) is 30.6 Å². The Balaban J connectivity index is 0.000000583. The van der Waals surface area contributed by atoms with Crippen LogP contribution in [0.4, 0.5) is 0 Å². The highest BCUT2D eigenvalue weighted by Crippen LogP contribution is 2.18. The Hall–Kier alpha value is -0.280. The molecule has 0 aromatic heterocycles. The molecule has 0 bridgehead atoms. The summed E-state index contributed by atoms with van der Waals surface area (Å²) >= 11 is 0. The average molecular weight is 226 g/mol. The number of rotatable bonds is 1. The van der Waals surface area contributed by atoms with Gasteiger partial charge in [0.15, 0.2) is 6.29 Å². The smallest absolute Gasteiger partial charge is 0.184 e. The molecule has 7 nitrogen and oxygen atoms in total. The van der Waals surface area contributed by atoms with Crippen molar-refractivity contribution in [3.63, 3.8) is 0 Å². The lowest BCUT2D eigenvalue weighted by Crippen LogP contribution is -2.58. The second-order valence-corrected chi connectivity index (χ2v) is 3.04. The lowest BCUT2D eigenvalue weighted by Gasteiger charge is -2.37. The molecule has 7 heteroatoms. The van der Waals surface area contributed by atoms with E-state index in [0.717, 1.165) is 0 Å². The molecule has 0 spiro atoms. The molecule has 0 aliphatic carbocycles. The SMILES string of the molecule is CCO.OC[C@H]1O[C@H](O)[C@H](O)[C@@H](O)[C@H]1O. The van der Waals surface area contributed by atoms with Crippen LogP contribution in [0.15, 0.2) is 0 Å². The maximum Gasteiger partial charge on any atom is 0.184 e. The molecule has 1 heterocycles. The minimum absolute atomic E-state index is 0.250. The van der Waals surface area contributed by atoms with Gasteiger partial charge in [-0.2, -0.15) is 0 Å². The molecule has 0 unspecified atom stereocenters. The average Bonchev–Trinajstić information content (AvgIpc) is 2.21. The summed E-state index contributed by atoms with van der Waals surface area (Å²) in [5, 5.41) is 52.2. The van der Waals surface area contributed by atoms with Gasteiger partial charge in [0.1, 0.15) is 24.4 Å². The fourth-order valence-corrected chi connectivity index (χ4v) is 1.08. The fraction of sp³-hybridized carbons (Fsp3) is 1.00. The van der Waals surface area contributed by atoms with Gasteiger partial charge in [-0.25, -0.2) is 0 Å². The summed E-state index contributed by atoms with van der Waals surface area (Å²) in [6.07, 6.45) is -7.04. The van der Waals surface area contributed by atoms with Crippen molar-refractivity contribution >= 4 is 0 Å². The number of aliphatic hydroxyl groups is 6. The summed E-state index contributed by atoms with van der Waals surface area (Å²) in [7, 11) is 0. The Morgan fingerprint density at radius 3 is 1.80 bits per heavy atom. The Morgan fingerprint density at radius 1 is 0.933 bits per heavy atom.